The zero-order valence-electron chi connectivity index (χ0n) is 16.8. The molecule has 10 heteroatoms. The summed E-state index contributed by atoms with van der Waals surface area (Å²) in [5.74, 6) is 0.801. The van der Waals surface area contributed by atoms with E-state index in [1.54, 1.807) is 23.6 Å². The van der Waals surface area contributed by atoms with Crippen molar-refractivity contribution in [1.82, 2.24) is 19.5 Å². The van der Waals surface area contributed by atoms with E-state index < -0.39 is 10.0 Å². The summed E-state index contributed by atoms with van der Waals surface area (Å²) in [7, 11) is -1.55. The molecule has 0 atom stereocenters. The molecule has 0 spiro atoms. The van der Waals surface area contributed by atoms with Gasteiger partial charge in [-0.3, -0.25) is 4.99 Å². The predicted octanol–water partition coefficient (Wildman–Crippen LogP) is 1.23. The smallest absolute Gasteiger partial charge is 0.216 e. The van der Waals surface area contributed by atoms with Crippen LogP contribution < -0.4 is 5.32 Å². The molecule has 1 aromatic rings. The van der Waals surface area contributed by atoms with E-state index in [-0.39, 0.29) is 18.5 Å². The summed E-state index contributed by atoms with van der Waals surface area (Å²) < 4.78 is 31.8. The lowest BCUT2D eigenvalue weighted by Gasteiger charge is -2.35. The lowest BCUT2D eigenvalue weighted by molar-refractivity contribution is 0.0904. The Morgan fingerprint density at radius 3 is 2.61 bits per heavy atom. The normalized spacial score (nSPS) is 16.6. The van der Waals surface area contributed by atoms with Crippen molar-refractivity contribution in [1.29, 1.82) is 0 Å². The molecule has 0 unspecified atom stereocenters. The van der Waals surface area contributed by atoms with Gasteiger partial charge >= 0.3 is 0 Å². The molecule has 1 N–H and O–H groups in total. The molecule has 0 radical (unpaired) electrons. The van der Waals surface area contributed by atoms with E-state index in [0.29, 0.717) is 37.9 Å². The number of piperazine rings is 1. The summed E-state index contributed by atoms with van der Waals surface area (Å²) in [6.45, 7) is 6.83. The number of nitrogens with one attached hydrogen (secondary N) is 1. The summed E-state index contributed by atoms with van der Waals surface area (Å²) in [5, 5.41) is 3.81. The summed E-state index contributed by atoms with van der Waals surface area (Å²) in [6, 6.07) is 3.73. The van der Waals surface area contributed by atoms with Gasteiger partial charge in [-0.2, -0.15) is 4.31 Å². The maximum atomic E-state index is 12.4. The van der Waals surface area contributed by atoms with E-state index in [1.807, 2.05) is 19.9 Å². The molecule has 1 aromatic heterocycles. The second-order valence-electron chi connectivity index (χ2n) is 6.83. The molecule has 1 aliphatic rings. The lowest BCUT2D eigenvalue weighted by Crippen LogP contribution is -2.54. The number of ether oxygens (including phenoxy) is 1. The lowest BCUT2D eigenvalue weighted by atomic mass is 10.2. The third kappa shape index (κ3) is 7.20. The van der Waals surface area contributed by atoms with Crippen molar-refractivity contribution in [2.75, 3.05) is 52.1 Å². The van der Waals surface area contributed by atoms with Gasteiger partial charge in [-0.1, -0.05) is 17.7 Å². The maximum absolute atomic E-state index is 12.4. The quantitative estimate of drug-likeness (QED) is 0.378. The van der Waals surface area contributed by atoms with Crippen molar-refractivity contribution >= 4 is 27.6 Å². The third-order valence-corrected chi connectivity index (χ3v) is 6.48. The molecule has 0 saturated carbocycles. The SMILES string of the molecule is CN=C(NCCc1ccc(Cl)nc1)N1CCN(S(=O)(=O)CCOC(C)C)CC1. The van der Waals surface area contributed by atoms with E-state index in [1.165, 1.54) is 0 Å². The number of aliphatic imine (C=N–C) groups is 1. The number of nitrogens with zero attached hydrogens (tertiary/aromatic N) is 4. The average molecular weight is 432 g/mol. The summed E-state index contributed by atoms with van der Waals surface area (Å²) in [5.41, 5.74) is 1.09. The largest absolute Gasteiger partial charge is 0.378 e. The predicted molar refractivity (Wildman–Crippen MR) is 112 cm³/mol. The summed E-state index contributed by atoms with van der Waals surface area (Å²) in [4.78, 5) is 10.5. The first-order valence-corrected chi connectivity index (χ1v) is 11.5. The van der Waals surface area contributed by atoms with Gasteiger partial charge in [-0.05, 0) is 31.9 Å². The second-order valence-corrected chi connectivity index (χ2v) is 9.31. The Balaban J connectivity index is 1.77. The van der Waals surface area contributed by atoms with E-state index in [4.69, 9.17) is 16.3 Å². The molecule has 0 aliphatic carbocycles. The Labute approximate surface area is 173 Å². The molecule has 158 valence electrons. The number of aromatic nitrogens is 1. The molecule has 2 heterocycles. The molecule has 1 fully saturated rings. The first-order chi connectivity index (χ1) is 13.3. The highest BCUT2D eigenvalue weighted by molar-refractivity contribution is 7.89. The van der Waals surface area contributed by atoms with Crippen LogP contribution in [0.15, 0.2) is 23.3 Å². The average Bonchev–Trinajstić information content (AvgIpc) is 2.66. The van der Waals surface area contributed by atoms with E-state index in [0.717, 1.165) is 17.9 Å². The molecule has 2 rings (SSSR count). The Bertz CT molecular complexity index is 732. The first-order valence-electron chi connectivity index (χ1n) is 9.47. The Kier molecular flexibility index (Phi) is 8.94. The van der Waals surface area contributed by atoms with Crippen LogP contribution in [-0.4, -0.2) is 86.8 Å². The number of sulfonamides is 1. The van der Waals surface area contributed by atoms with Crippen LogP contribution in [0.5, 0.6) is 0 Å². The fourth-order valence-corrected chi connectivity index (χ4v) is 4.30. The molecule has 8 nitrogen and oxygen atoms in total. The van der Waals surface area contributed by atoms with Crippen molar-refractivity contribution in [2.24, 2.45) is 4.99 Å². The first kappa shape index (κ1) is 22.9. The van der Waals surface area contributed by atoms with Gasteiger partial charge in [-0.15, -0.1) is 0 Å². The zero-order valence-corrected chi connectivity index (χ0v) is 18.3. The van der Waals surface area contributed by atoms with Gasteiger partial charge in [0.15, 0.2) is 5.96 Å². The molecule has 0 bridgehead atoms. The zero-order chi connectivity index (χ0) is 20.6. The van der Waals surface area contributed by atoms with Crippen LogP contribution in [0, 0.1) is 0 Å². The molecular weight excluding hydrogens is 402 g/mol. The molecule has 1 aliphatic heterocycles. The fourth-order valence-electron chi connectivity index (χ4n) is 2.90. The number of halogens is 1. The highest BCUT2D eigenvalue weighted by atomic mass is 35.5. The van der Waals surface area contributed by atoms with Gasteiger partial charge in [-0.25, -0.2) is 13.4 Å². The minimum Gasteiger partial charge on any atom is -0.378 e. The molecular formula is C18H30ClN5O3S. The fraction of sp³-hybridized carbons (Fsp3) is 0.667. The standard InChI is InChI=1S/C18H30ClN5O3S/c1-15(2)27-12-13-28(25,26)24-10-8-23(9-11-24)18(20-3)21-7-6-16-4-5-17(19)22-14-16/h4-5,14-15H,6-13H2,1-3H3,(H,20,21). The van der Waals surface area contributed by atoms with Crippen LogP contribution in [0.3, 0.4) is 0 Å². The van der Waals surface area contributed by atoms with Crippen LogP contribution in [0.25, 0.3) is 0 Å². The Morgan fingerprint density at radius 2 is 2.04 bits per heavy atom. The highest BCUT2D eigenvalue weighted by Crippen LogP contribution is 2.09. The number of hydrogen-bond donors (Lipinski definition) is 1. The van der Waals surface area contributed by atoms with Gasteiger partial charge in [0, 0.05) is 46.0 Å². The van der Waals surface area contributed by atoms with E-state index in [9.17, 15) is 8.42 Å². The summed E-state index contributed by atoms with van der Waals surface area (Å²) >= 11 is 5.80. The van der Waals surface area contributed by atoms with Crippen LogP contribution in [-0.2, 0) is 21.2 Å². The van der Waals surface area contributed by atoms with Crippen molar-refractivity contribution in [3.63, 3.8) is 0 Å². The van der Waals surface area contributed by atoms with Crippen molar-refractivity contribution in [3.8, 4) is 0 Å². The second kappa shape index (κ2) is 10.9. The number of rotatable bonds is 8. The van der Waals surface area contributed by atoms with Gasteiger partial charge < -0.3 is 15.0 Å². The Morgan fingerprint density at radius 1 is 1.32 bits per heavy atom. The minimum absolute atomic E-state index is 0.0211. The van der Waals surface area contributed by atoms with Crippen LogP contribution >= 0.6 is 11.6 Å². The molecule has 0 amide bonds. The summed E-state index contributed by atoms with van der Waals surface area (Å²) in [6.07, 6.45) is 2.59. The van der Waals surface area contributed by atoms with Crippen molar-refractivity contribution in [2.45, 2.75) is 26.4 Å². The number of guanidine groups is 1. The minimum atomic E-state index is -3.29. The van der Waals surface area contributed by atoms with Gasteiger partial charge in [0.1, 0.15) is 5.15 Å². The van der Waals surface area contributed by atoms with Gasteiger partial charge in [0.25, 0.3) is 0 Å². The van der Waals surface area contributed by atoms with E-state index >= 15 is 0 Å². The molecule has 0 aromatic carbocycles. The molecule has 28 heavy (non-hydrogen) atoms. The molecule has 1 saturated heterocycles. The third-order valence-electron chi connectivity index (χ3n) is 4.42. The monoisotopic (exact) mass is 431 g/mol. The maximum Gasteiger partial charge on any atom is 0.216 e. The van der Waals surface area contributed by atoms with Crippen LogP contribution in [0.2, 0.25) is 5.15 Å². The Hall–Kier alpha value is -1.42. The number of pyridine rings is 1. The topological polar surface area (TPSA) is 87.1 Å². The van der Waals surface area contributed by atoms with Crippen LogP contribution in [0.4, 0.5) is 0 Å². The van der Waals surface area contributed by atoms with E-state index in [2.05, 4.69) is 20.2 Å². The number of hydrogen-bond acceptors (Lipinski definition) is 5. The van der Waals surface area contributed by atoms with Crippen molar-refractivity contribution in [3.05, 3.63) is 29.0 Å². The van der Waals surface area contributed by atoms with Crippen molar-refractivity contribution < 1.29 is 13.2 Å². The van der Waals surface area contributed by atoms with Crippen LogP contribution in [0.1, 0.15) is 19.4 Å². The van der Waals surface area contributed by atoms with Gasteiger partial charge in [0.2, 0.25) is 10.0 Å². The van der Waals surface area contributed by atoms with Gasteiger partial charge in [0.05, 0.1) is 18.5 Å². The highest BCUT2D eigenvalue weighted by Gasteiger charge is 2.27.